The number of esters is 1. The maximum Gasteiger partial charge on any atom is 0.410 e. The van der Waals surface area contributed by atoms with Crippen LogP contribution in [0.4, 0.5) is 4.79 Å². The van der Waals surface area contributed by atoms with Crippen LogP contribution >= 0.6 is 0 Å². The van der Waals surface area contributed by atoms with Crippen LogP contribution in [0.5, 0.6) is 0 Å². The molecule has 5 heteroatoms. The topological polar surface area (TPSA) is 55.8 Å². The molecule has 0 saturated carbocycles. The largest absolute Gasteiger partial charge is 0.466 e. The highest BCUT2D eigenvalue weighted by Crippen LogP contribution is 2.27. The van der Waals surface area contributed by atoms with Gasteiger partial charge >= 0.3 is 12.1 Å². The average molecular weight is 333 g/mol. The number of hydrogen-bond acceptors (Lipinski definition) is 4. The van der Waals surface area contributed by atoms with Crippen LogP contribution in [-0.2, 0) is 20.9 Å². The van der Waals surface area contributed by atoms with Crippen molar-refractivity contribution in [1.82, 2.24) is 4.90 Å². The quantitative estimate of drug-likeness (QED) is 0.741. The van der Waals surface area contributed by atoms with E-state index in [0.29, 0.717) is 19.4 Å². The molecule has 1 aliphatic heterocycles. The lowest BCUT2D eigenvalue weighted by atomic mass is 9.94. The highest BCUT2D eigenvalue weighted by molar-refractivity contribution is 5.70. The lowest BCUT2D eigenvalue weighted by Crippen LogP contribution is -2.49. The van der Waals surface area contributed by atoms with E-state index in [-0.39, 0.29) is 30.8 Å². The summed E-state index contributed by atoms with van der Waals surface area (Å²) in [6.45, 7) is 4.50. The van der Waals surface area contributed by atoms with Crippen molar-refractivity contribution in [2.75, 3.05) is 6.61 Å². The third kappa shape index (κ3) is 5.25. The smallest absolute Gasteiger partial charge is 0.410 e. The maximum absolute atomic E-state index is 12.6. The molecule has 2 atom stereocenters. The van der Waals surface area contributed by atoms with Gasteiger partial charge in [-0.15, -0.1) is 0 Å². The summed E-state index contributed by atoms with van der Waals surface area (Å²) in [4.78, 5) is 26.0. The molecular weight excluding hydrogens is 306 g/mol. The minimum atomic E-state index is -0.292. The van der Waals surface area contributed by atoms with Crippen LogP contribution in [0.3, 0.4) is 0 Å². The molecule has 1 amide bonds. The molecule has 0 radical (unpaired) electrons. The number of ether oxygens (including phenoxy) is 2. The van der Waals surface area contributed by atoms with Gasteiger partial charge in [-0.25, -0.2) is 4.79 Å². The first-order valence-electron chi connectivity index (χ1n) is 8.76. The van der Waals surface area contributed by atoms with E-state index >= 15 is 0 Å². The fraction of sp³-hybridized carbons (Fsp3) is 0.579. The second kappa shape index (κ2) is 9.30. The Balaban J connectivity index is 1.92. The van der Waals surface area contributed by atoms with Gasteiger partial charge in [-0.1, -0.05) is 30.3 Å². The lowest BCUT2D eigenvalue weighted by Gasteiger charge is -2.39. The fourth-order valence-corrected chi connectivity index (χ4v) is 3.21. The summed E-state index contributed by atoms with van der Waals surface area (Å²) in [5.41, 5.74) is 0.971. The fourth-order valence-electron chi connectivity index (χ4n) is 3.21. The zero-order valence-corrected chi connectivity index (χ0v) is 14.6. The summed E-state index contributed by atoms with van der Waals surface area (Å²) in [5.74, 6) is -0.201. The second-order valence-corrected chi connectivity index (χ2v) is 6.22. The molecule has 2 rings (SSSR count). The van der Waals surface area contributed by atoms with Crippen molar-refractivity contribution in [2.45, 2.75) is 64.6 Å². The molecular formula is C19H27NO4. The number of rotatable bonds is 6. The first kappa shape index (κ1) is 18.3. The van der Waals surface area contributed by atoms with Crippen LogP contribution in [-0.4, -0.2) is 35.7 Å². The molecule has 0 aliphatic carbocycles. The normalized spacial score (nSPS) is 20.5. The first-order valence-corrected chi connectivity index (χ1v) is 8.76. The molecule has 1 aromatic carbocycles. The van der Waals surface area contributed by atoms with Gasteiger partial charge in [0.25, 0.3) is 0 Å². The second-order valence-electron chi connectivity index (χ2n) is 6.22. The first-order chi connectivity index (χ1) is 11.6. The summed E-state index contributed by atoms with van der Waals surface area (Å²) in [5, 5.41) is 0. The zero-order valence-electron chi connectivity index (χ0n) is 14.6. The van der Waals surface area contributed by atoms with Crippen LogP contribution in [0.2, 0.25) is 0 Å². The van der Waals surface area contributed by atoms with Gasteiger partial charge in [-0.05, 0) is 45.1 Å². The minimum absolute atomic E-state index is 0.0430. The Hall–Kier alpha value is -2.04. The predicted molar refractivity (Wildman–Crippen MR) is 91.4 cm³/mol. The van der Waals surface area contributed by atoms with Crippen LogP contribution in [0.1, 0.15) is 51.5 Å². The van der Waals surface area contributed by atoms with Crippen molar-refractivity contribution in [3.05, 3.63) is 35.9 Å². The van der Waals surface area contributed by atoms with E-state index in [1.54, 1.807) is 6.92 Å². The van der Waals surface area contributed by atoms with Gasteiger partial charge in [0.05, 0.1) is 6.61 Å². The molecule has 0 aromatic heterocycles. The number of amides is 1. The van der Waals surface area contributed by atoms with Gasteiger partial charge in [0.1, 0.15) is 6.61 Å². The Morgan fingerprint density at radius 1 is 1.17 bits per heavy atom. The van der Waals surface area contributed by atoms with Gasteiger partial charge in [0.15, 0.2) is 0 Å². The van der Waals surface area contributed by atoms with E-state index in [1.165, 1.54) is 0 Å². The number of nitrogens with zero attached hydrogens (tertiary/aromatic N) is 1. The molecule has 1 fully saturated rings. The number of carbonyl (C=O) groups is 2. The van der Waals surface area contributed by atoms with Gasteiger partial charge < -0.3 is 14.4 Å². The summed E-state index contributed by atoms with van der Waals surface area (Å²) in [6.07, 6.45) is 3.62. The third-order valence-corrected chi connectivity index (χ3v) is 4.43. The monoisotopic (exact) mass is 333 g/mol. The molecule has 0 unspecified atom stereocenters. The van der Waals surface area contributed by atoms with E-state index in [1.807, 2.05) is 42.2 Å². The SMILES string of the molecule is CCOC(=O)CC[C@@H]1CCC[C@H](C)N1C(=O)OCc1ccccc1. The van der Waals surface area contributed by atoms with Crippen LogP contribution in [0.25, 0.3) is 0 Å². The van der Waals surface area contributed by atoms with E-state index in [9.17, 15) is 9.59 Å². The molecule has 1 aromatic rings. The van der Waals surface area contributed by atoms with Crippen LogP contribution in [0, 0.1) is 0 Å². The number of hydrogen-bond donors (Lipinski definition) is 0. The zero-order chi connectivity index (χ0) is 17.4. The predicted octanol–water partition coefficient (Wildman–Crippen LogP) is 3.91. The van der Waals surface area contributed by atoms with Gasteiger partial charge in [-0.3, -0.25) is 4.79 Å². The highest BCUT2D eigenvalue weighted by Gasteiger charge is 2.33. The standard InChI is InChI=1S/C19H27NO4/c1-3-23-18(21)13-12-17-11-7-8-15(2)20(17)19(22)24-14-16-9-5-4-6-10-16/h4-6,9-10,15,17H,3,7-8,11-14H2,1-2H3/t15-,17-/m0/s1. The van der Waals surface area contributed by atoms with E-state index in [0.717, 1.165) is 24.8 Å². The number of carbonyl (C=O) groups excluding carboxylic acids is 2. The molecule has 0 spiro atoms. The molecule has 132 valence electrons. The highest BCUT2D eigenvalue weighted by atomic mass is 16.6. The Morgan fingerprint density at radius 2 is 1.92 bits per heavy atom. The van der Waals surface area contributed by atoms with Crippen LogP contribution in [0.15, 0.2) is 30.3 Å². The Morgan fingerprint density at radius 3 is 2.62 bits per heavy atom. The van der Waals surface area contributed by atoms with Crippen molar-refractivity contribution in [3.8, 4) is 0 Å². The van der Waals surface area contributed by atoms with Gasteiger partial charge in [0, 0.05) is 18.5 Å². The summed E-state index contributed by atoms with van der Waals surface area (Å²) >= 11 is 0. The lowest BCUT2D eigenvalue weighted by molar-refractivity contribution is -0.143. The molecule has 1 aliphatic rings. The summed E-state index contributed by atoms with van der Waals surface area (Å²) in [7, 11) is 0. The van der Waals surface area contributed by atoms with Gasteiger partial charge in [-0.2, -0.15) is 0 Å². The van der Waals surface area contributed by atoms with Crippen molar-refractivity contribution in [2.24, 2.45) is 0 Å². The van der Waals surface area contributed by atoms with E-state index in [4.69, 9.17) is 9.47 Å². The molecule has 24 heavy (non-hydrogen) atoms. The number of likely N-dealkylation sites (tertiary alicyclic amines) is 1. The molecule has 0 bridgehead atoms. The van der Waals surface area contributed by atoms with Crippen molar-refractivity contribution < 1.29 is 19.1 Å². The van der Waals surface area contributed by atoms with Crippen molar-refractivity contribution in [3.63, 3.8) is 0 Å². The van der Waals surface area contributed by atoms with Crippen molar-refractivity contribution in [1.29, 1.82) is 0 Å². The third-order valence-electron chi connectivity index (χ3n) is 4.43. The molecule has 5 nitrogen and oxygen atoms in total. The minimum Gasteiger partial charge on any atom is -0.466 e. The maximum atomic E-state index is 12.6. The number of benzene rings is 1. The molecule has 1 heterocycles. The summed E-state index contributed by atoms with van der Waals surface area (Å²) < 4.78 is 10.5. The number of piperidine rings is 1. The molecule has 0 N–H and O–H groups in total. The van der Waals surface area contributed by atoms with E-state index < -0.39 is 0 Å². The Bertz CT molecular complexity index is 531. The van der Waals surface area contributed by atoms with Crippen molar-refractivity contribution >= 4 is 12.1 Å². The van der Waals surface area contributed by atoms with E-state index in [2.05, 4.69) is 0 Å². The Labute approximate surface area is 143 Å². The van der Waals surface area contributed by atoms with Crippen LogP contribution < -0.4 is 0 Å². The Kier molecular flexibility index (Phi) is 7.09. The van der Waals surface area contributed by atoms with Gasteiger partial charge in [0.2, 0.25) is 0 Å². The summed E-state index contributed by atoms with van der Waals surface area (Å²) in [6, 6.07) is 9.83. The average Bonchev–Trinajstić information content (AvgIpc) is 2.59. The molecule has 1 saturated heterocycles.